The van der Waals surface area contributed by atoms with Gasteiger partial charge in [0.05, 0.1) is 12.1 Å². The number of rotatable bonds is 1. The summed E-state index contributed by atoms with van der Waals surface area (Å²) in [6.45, 7) is 3.87. The summed E-state index contributed by atoms with van der Waals surface area (Å²) in [6.07, 6.45) is 2.63. The van der Waals surface area contributed by atoms with E-state index in [1.165, 1.54) is 4.90 Å². The molecule has 16 heavy (non-hydrogen) atoms. The third kappa shape index (κ3) is 1.98. The second-order valence-corrected chi connectivity index (χ2v) is 5.74. The fourth-order valence-electron chi connectivity index (χ4n) is 2.78. The molecule has 2 rings (SSSR count). The van der Waals surface area contributed by atoms with E-state index >= 15 is 0 Å². The van der Waals surface area contributed by atoms with Crippen LogP contribution in [0.1, 0.15) is 46.0 Å². The van der Waals surface area contributed by atoms with Crippen molar-refractivity contribution in [3.8, 4) is 0 Å². The lowest BCUT2D eigenvalue weighted by molar-refractivity contribution is -0.157. The predicted molar refractivity (Wildman–Crippen MR) is 58.5 cm³/mol. The summed E-state index contributed by atoms with van der Waals surface area (Å²) in [6, 6.07) is -0.268. The number of aliphatic hydroxyl groups excluding tert-OH is 1. The van der Waals surface area contributed by atoms with Crippen LogP contribution in [0.3, 0.4) is 0 Å². The van der Waals surface area contributed by atoms with Gasteiger partial charge in [-0.05, 0) is 24.7 Å². The normalized spacial score (nSPS) is 34.6. The van der Waals surface area contributed by atoms with Crippen LogP contribution >= 0.6 is 0 Å². The molecule has 2 amide bonds. The first-order valence-electron chi connectivity index (χ1n) is 5.94. The number of hydrogen-bond acceptors (Lipinski definition) is 3. The maximum absolute atomic E-state index is 11.9. The van der Waals surface area contributed by atoms with Crippen molar-refractivity contribution in [1.82, 2.24) is 4.90 Å². The summed E-state index contributed by atoms with van der Waals surface area (Å²) in [5.74, 6) is -0.237. The minimum absolute atomic E-state index is 0.118. The average Bonchev–Trinajstić information content (AvgIpc) is 2.48. The highest BCUT2D eigenvalue weighted by Crippen LogP contribution is 2.35. The number of carbonyl (C=O) groups excluding carboxylic acids is 2. The van der Waals surface area contributed by atoms with Crippen molar-refractivity contribution in [2.75, 3.05) is 0 Å². The Morgan fingerprint density at radius 1 is 1.19 bits per heavy atom. The molecule has 1 aliphatic carbocycles. The highest BCUT2D eigenvalue weighted by molar-refractivity contribution is 5.98. The van der Waals surface area contributed by atoms with Crippen LogP contribution in [0.15, 0.2) is 0 Å². The van der Waals surface area contributed by atoms with Gasteiger partial charge in [0.1, 0.15) is 0 Å². The molecule has 1 aliphatic heterocycles. The summed E-state index contributed by atoms with van der Waals surface area (Å²) in [4.78, 5) is 25.2. The van der Waals surface area contributed by atoms with Crippen LogP contribution in [0.25, 0.3) is 0 Å². The molecule has 4 heteroatoms. The Morgan fingerprint density at radius 3 is 2.19 bits per heavy atom. The van der Waals surface area contributed by atoms with E-state index in [2.05, 4.69) is 0 Å². The zero-order chi connectivity index (χ0) is 11.9. The Kier molecular flexibility index (Phi) is 2.78. The molecule has 4 nitrogen and oxygen atoms in total. The number of piperidine rings is 1. The van der Waals surface area contributed by atoms with Gasteiger partial charge in [-0.1, -0.05) is 13.8 Å². The maximum Gasteiger partial charge on any atom is 0.230 e. The number of nitrogens with zero attached hydrogens (tertiary/aromatic N) is 1. The lowest BCUT2D eigenvalue weighted by atomic mass is 9.81. The molecule has 0 radical (unpaired) electrons. The lowest BCUT2D eigenvalue weighted by Gasteiger charge is -2.38. The smallest absolute Gasteiger partial charge is 0.230 e. The van der Waals surface area contributed by atoms with Gasteiger partial charge < -0.3 is 5.11 Å². The summed E-state index contributed by atoms with van der Waals surface area (Å²) < 4.78 is 0. The Bertz CT molecular complexity index is 304. The monoisotopic (exact) mass is 225 g/mol. The molecule has 1 saturated heterocycles. The van der Waals surface area contributed by atoms with Gasteiger partial charge in [-0.3, -0.25) is 14.5 Å². The number of amides is 2. The molecule has 0 bridgehead atoms. The minimum atomic E-state index is -0.519. The molecule has 1 heterocycles. The molecule has 2 atom stereocenters. The SMILES string of the molecule is CC1(C)CC(=O)N([C@H]2CCC[C@@H]2O)C(=O)C1. The summed E-state index contributed by atoms with van der Waals surface area (Å²) in [5, 5.41) is 9.76. The molecular formula is C12H19NO3. The van der Waals surface area contributed by atoms with Gasteiger partial charge in [0.2, 0.25) is 11.8 Å². The number of carbonyl (C=O) groups is 2. The first kappa shape index (κ1) is 11.6. The van der Waals surface area contributed by atoms with Gasteiger partial charge >= 0.3 is 0 Å². The Balaban J connectivity index is 2.16. The minimum Gasteiger partial charge on any atom is -0.391 e. The van der Waals surface area contributed by atoms with Gasteiger partial charge in [0.25, 0.3) is 0 Å². The fourth-order valence-corrected chi connectivity index (χ4v) is 2.78. The van der Waals surface area contributed by atoms with E-state index in [0.29, 0.717) is 19.3 Å². The molecule has 0 spiro atoms. The number of imide groups is 1. The van der Waals surface area contributed by atoms with E-state index < -0.39 is 6.10 Å². The highest BCUT2D eigenvalue weighted by atomic mass is 16.3. The maximum atomic E-state index is 11.9. The van der Waals surface area contributed by atoms with Crippen molar-refractivity contribution >= 4 is 11.8 Å². The Morgan fingerprint density at radius 2 is 1.75 bits per heavy atom. The Hall–Kier alpha value is -0.900. The van der Waals surface area contributed by atoms with Gasteiger partial charge in [0, 0.05) is 12.8 Å². The zero-order valence-electron chi connectivity index (χ0n) is 9.90. The lowest BCUT2D eigenvalue weighted by Crippen LogP contribution is -2.53. The number of aliphatic hydroxyl groups is 1. The van der Waals surface area contributed by atoms with E-state index in [1.54, 1.807) is 0 Å². The van der Waals surface area contributed by atoms with Crippen molar-refractivity contribution < 1.29 is 14.7 Å². The van der Waals surface area contributed by atoms with Crippen LogP contribution < -0.4 is 0 Å². The van der Waals surface area contributed by atoms with Gasteiger partial charge in [-0.15, -0.1) is 0 Å². The van der Waals surface area contributed by atoms with E-state index in [4.69, 9.17) is 0 Å². The molecule has 2 fully saturated rings. The average molecular weight is 225 g/mol. The first-order valence-corrected chi connectivity index (χ1v) is 5.94. The van der Waals surface area contributed by atoms with Crippen LogP contribution in [-0.2, 0) is 9.59 Å². The molecular weight excluding hydrogens is 206 g/mol. The Labute approximate surface area is 95.6 Å². The fraction of sp³-hybridized carbons (Fsp3) is 0.833. The predicted octanol–water partition coefficient (Wildman–Crippen LogP) is 1.07. The molecule has 0 aromatic carbocycles. The molecule has 90 valence electrons. The topological polar surface area (TPSA) is 57.6 Å². The second kappa shape index (κ2) is 3.84. The second-order valence-electron chi connectivity index (χ2n) is 5.74. The summed E-state index contributed by atoms with van der Waals surface area (Å²) in [5.41, 5.74) is -0.228. The van der Waals surface area contributed by atoms with Crippen LogP contribution in [0.4, 0.5) is 0 Å². The van der Waals surface area contributed by atoms with Crippen LogP contribution in [-0.4, -0.2) is 34.0 Å². The first-order chi connectivity index (χ1) is 7.41. The van der Waals surface area contributed by atoms with E-state index in [0.717, 1.165) is 12.8 Å². The third-order valence-corrected chi connectivity index (χ3v) is 3.57. The molecule has 1 N–H and O–H groups in total. The van der Waals surface area contributed by atoms with E-state index in [1.807, 2.05) is 13.8 Å². The number of hydrogen-bond donors (Lipinski definition) is 1. The van der Waals surface area contributed by atoms with Crippen LogP contribution in [0.2, 0.25) is 0 Å². The van der Waals surface area contributed by atoms with E-state index in [-0.39, 0.29) is 23.3 Å². The largest absolute Gasteiger partial charge is 0.391 e. The quantitative estimate of drug-likeness (QED) is 0.679. The van der Waals surface area contributed by atoms with E-state index in [9.17, 15) is 14.7 Å². The molecule has 0 unspecified atom stereocenters. The highest BCUT2D eigenvalue weighted by Gasteiger charge is 2.43. The van der Waals surface area contributed by atoms with Crippen molar-refractivity contribution in [1.29, 1.82) is 0 Å². The van der Waals surface area contributed by atoms with Crippen LogP contribution in [0.5, 0.6) is 0 Å². The van der Waals surface area contributed by atoms with Crippen molar-refractivity contribution in [2.24, 2.45) is 5.41 Å². The zero-order valence-corrected chi connectivity index (χ0v) is 9.90. The molecule has 0 aromatic rings. The van der Waals surface area contributed by atoms with Gasteiger partial charge in [0.15, 0.2) is 0 Å². The van der Waals surface area contributed by atoms with Crippen molar-refractivity contribution in [3.05, 3.63) is 0 Å². The standard InChI is InChI=1S/C12H19NO3/c1-12(2)6-10(15)13(11(16)7-12)8-4-3-5-9(8)14/h8-9,14H,3-7H2,1-2H3/t8-,9-/m0/s1. The third-order valence-electron chi connectivity index (χ3n) is 3.57. The van der Waals surface area contributed by atoms with Gasteiger partial charge in [-0.25, -0.2) is 0 Å². The van der Waals surface area contributed by atoms with Gasteiger partial charge in [-0.2, -0.15) is 0 Å². The van der Waals surface area contributed by atoms with Crippen molar-refractivity contribution in [2.45, 2.75) is 58.1 Å². The summed E-state index contributed by atoms with van der Waals surface area (Å²) in [7, 11) is 0. The summed E-state index contributed by atoms with van der Waals surface area (Å²) >= 11 is 0. The number of likely N-dealkylation sites (tertiary alicyclic amines) is 1. The molecule has 0 aromatic heterocycles. The van der Waals surface area contributed by atoms with Crippen molar-refractivity contribution in [3.63, 3.8) is 0 Å². The molecule has 2 aliphatic rings. The molecule has 1 saturated carbocycles. The van der Waals surface area contributed by atoms with Crippen LogP contribution in [0, 0.1) is 5.41 Å².